The number of amides is 1. The van der Waals surface area contributed by atoms with Crippen LogP contribution >= 0.6 is 0 Å². The zero-order valence-corrected chi connectivity index (χ0v) is 13.6. The van der Waals surface area contributed by atoms with Crippen molar-refractivity contribution >= 4 is 5.91 Å². The van der Waals surface area contributed by atoms with Crippen molar-refractivity contribution in [2.75, 3.05) is 0 Å². The lowest BCUT2D eigenvalue weighted by atomic mass is 9.75. The zero-order valence-electron chi connectivity index (χ0n) is 13.6. The molecule has 0 aromatic carbocycles. The number of alkyl halides is 3. The van der Waals surface area contributed by atoms with Crippen LogP contribution in [0.2, 0.25) is 0 Å². The predicted octanol–water partition coefficient (Wildman–Crippen LogP) is 4.64. The van der Waals surface area contributed by atoms with E-state index in [1.165, 1.54) is 0 Å². The predicted molar refractivity (Wildman–Crippen MR) is 75.4 cm³/mol. The van der Waals surface area contributed by atoms with Crippen LogP contribution < -0.4 is 0 Å². The van der Waals surface area contributed by atoms with Crippen molar-refractivity contribution in [3.8, 4) is 0 Å². The summed E-state index contributed by atoms with van der Waals surface area (Å²) in [6.45, 7) is 12.8. The minimum absolute atomic E-state index is 0.0289. The Morgan fingerprint density at radius 3 is 1.80 bits per heavy atom. The molecule has 0 rings (SSSR count). The minimum atomic E-state index is -4.82. The summed E-state index contributed by atoms with van der Waals surface area (Å²) in [5.41, 5.74) is -0.828. The fourth-order valence-electron chi connectivity index (χ4n) is 3.29. The lowest BCUT2D eigenvalue weighted by Gasteiger charge is -2.48. The van der Waals surface area contributed by atoms with Crippen LogP contribution in [0.15, 0.2) is 0 Å². The minimum Gasteiger partial charge on any atom is -0.327 e. The maximum Gasteiger partial charge on any atom is 0.471 e. The standard InChI is InChI=1S/C15H28F3NO/c1-8-9-12(10(2)3)14(6,7)19(11(4)5)13(20)15(16,17)18/h10-12H,8-9H2,1-7H3. The van der Waals surface area contributed by atoms with Gasteiger partial charge in [-0.25, -0.2) is 0 Å². The van der Waals surface area contributed by atoms with Crippen molar-refractivity contribution < 1.29 is 18.0 Å². The molecule has 0 spiro atoms. The van der Waals surface area contributed by atoms with E-state index in [9.17, 15) is 18.0 Å². The fourth-order valence-corrected chi connectivity index (χ4v) is 3.29. The third-order valence-electron chi connectivity index (χ3n) is 3.91. The van der Waals surface area contributed by atoms with Crippen molar-refractivity contribution in [2.45, 2.75) is 79.1 Å². The Labute approximate surface area is 120 Å². The molecule has 0 bridgehead atoms. The summed E-state index contributed by atoms with van der Waals surface area (Å²) in [6.07, 6.45) is -3.13. The van der Waals surface area contributed by atoms with Gasteiger partial charge in [0.2, 0.25) is 0 Å². The Hall–Kier alpha value is -0.740. The second-order valence-corrected chi connectivity index (χ2v) is 6.56. The van der Waals surface area contributed by atoms with Gasteiger partial charge in [0.25, 0.3) is 0 Å². The highest BCUT2D eigenvalue weighted by atomic mass is 19.4. The van der Waals surface area contributed by atoms with Gasteiger partial charge in [0.15, 0.2) is 0 Å². The van der Waals surface area contributed by atoms with Crippen LogP contribution in [0.1, 0.15) is 61.3 Å². The molecule has 20 heavy (non-hydrogen) atoms. The molecule has 1 amide bonds. The third kappa shape index (κ3) is 4.38. The number of carbonyl (C=O) groups is 1. The molecule has 0 aliphatic carbocycles. The average molecular weight is 295 g/mol. The first kappa shape index (κ1) is 19.3. The van der Waals surface area contributed by atoms with Gasteiger partial charge in [0, 0.05) is 11.6 Å². The normalized spacial score (nSPS) is 14.8. The monoisotopic (exact) mass is 295 g/mol. The van der Waals surface area contributed by atoms with Crippen molar-refractivity contribution in [1.29, 1.82) is 0 Å². The van der Waals surface area contributed by atoms with Gasteiger partial charge >= 0.3 is 12.1 Å². The van der Waals surface area contributed by atoms with Gasteiger partial charge in [-0.3, -0.25) is 4.79 Å². The highest BCUT2D eigenvalue weighted by Gasteiger charge is 2.50. The molecule has 0 aliphatic heterocycles. The molecule has 2 nitrogen and oxygen atoms in total. The van der Waals surface area contributed by atoms with Crippen LogP contribution in [0.5, 0.6) is 0 Å². The van der Waals surface area contributed by atoms with Gasteiger partial charge in [0.1, 0.15) is 0 Å². The first-order valence-corrected chi connectivity index (χ1v) is 7.27. The maximum absolute atomic E-state index is 12.8. The van der Waals surface area contributed by atoms with E-state index >= 15 is 0 Å². The molecule has 0 aromatic heterocycles. The van der Waals surface area contributed by atoms with E-state index in [0.717, 1.165) is 17.7 Å². The number of hydrogen-bond donors (Lipinski definition) is 0. The van der Waals surface area contributed by atoms with Crippen LogP contribution in [0.4, 0.5) is 13.2 Å². The summed E-state index contributed by atoms with van der Waals surface area (Å²) in [7, 11) is 0. The second-order valence-electron chi connectivity index (χ2n) is 6.56. The van der Waals surface area contributed by atoms with Crippen LogP contribution in [0.25, 0.3) is 0 Å². The third-order valence-corrected chi connectivity index (χ3v) is 3.91. The lowest BCUT2D eigenvalue weighted by molar-refractivity contribution is -0.196. The first-order valence-electron chi connectivity index (χ1n) is 7.27. The smallest absolute Gasteiger partial charge is 0.327 e. The number of carbonyl (C=O) groups excluding carboxylic acids is 1. The van der Waals surface area contributed by atoms with Crippen molar-refractivity contribution in [3.05, 3.63) is 0 Å². The van der Waals surface area contributed by atoms with Crippen LogP contribution in [-0.4, -0.2) is 28.6 Å². The van der Waals surface area contributed by atoms with Crippen molar-refractivity contribution in [3.63, 3.8) is 0 Å². The summed E-state index contributed by atoms with van der Waals surface area (Å²) in [5.74, 6) is -1.49. The van der Waals surface area contributed by atoms with Crippen molar-refractivity contribution in [2.24, 2.45) is 11.8 Å². The highest BCUT2D eigenvalue weighted by Crippen LogP contribution is 2.37. The van der Waals surface area contributed by atoms with Gasteiger partial charge in [-0.1, -0.05) is 27.2 Å². The SMILES string of the molecule is CCCC(C(C)C)C(C)(C)N(C(=O)C(F)(F)F)C(C)C. The molecule has 0 heterocycles. The lowest BCUT2D eigenvalue weighted by Crippen LogP contribution is -2.59. The van der Waals surface area contributed by atoms with Gasteiger partial charge in [-0.05, 0) is 46.0 Å². The Balaban J connectivity index is 5.60. The van der Waals surface area contributed by atoms with Gasteiger partial charge in [0.05, 0.1) is 0 Å². The summed E-state index contributed by atoms with van der Waals surface area (Å²) < 4.78 is 38.5. The zero-order chi connectivity index (χ0) is 16.3. The molecule has 0 aromatic rings. The van der Waals surface area contributed by atoms with Crippen LogP contribution in [0, 0.1) is 11.8 Å². The van der Waals surface area contributed by atoms with Crippen LogP contribution in [-0.2, 0) is 4.79 Å². The summed E-state index contributed by atoms with van der Waals surface area (Å²) in [6, 6.07) is -0.489. The summed E-state index contributed by atoms with van der Waals surface area (Å²) >= 11 is 0. The molecule has 1 unspecified atom stereocenters. The number of rotatable bonds is 6. The quantitative estimate of drug-likeness (QED) is 0.699. The Bertz CT molecular complexity index is 322. The molecule has 0 fully saturated rings. The van der Waals surface area contributed by atoms with Crippen LogP contribution in [0.3, 0.4) is 0 Å². The molecule has 120 valence electrons. The molecule has 1 atom stereocenters. The number of halogens is 3. The molecule has 0 saturated heterocycles. The van der Waals surface area contributed by atoms with Gasteiger partial charge < -0.3 is 4.90 Å². The van der Waals surface area contributed by atoms with Crippen molar-refractivity contribution in [1.82, 2.24) is 4.90 Å². The highest BCUT2D eigenvalue weighted by molar-refractivity contribution is 5.82. The topological polar surface area (TPSA) is 20.3 Å². The van der Waals surface area contributed by atoms with E-state index in [-0.39, 0.29) is 11.8 Å². The Morgan fingerprint density at radius 2 is 1.55 bits per heavy atom. The first-order chi connectivity index (χ1) is 8.87. The van der Waals surface area contributed by atoms with E-state index in [4.69, 9.17) is 0 Å². The summed E-state index contributed by atoms with van der Waals surface area (Å²) in [4.78, 5) is 12.8. The molecular weight excluding hydrogens is 267 g/mol. The molecule has 0 aliphatic rings. The largest absolute Gasteiger partial charge is 0.471 e. The average Bonchev–Trinajstić information content (AvgIpc) is 2.22. The Kier molecular flexibility index (Phi) is 6.56. The van der Waals surface area contributed by atoms with E-state index < -0.39 is 23.7 Å². The fraction of sp³-hybridized carbons (Fsp3) is 0.933. The molecule has 0 saturated carbocycles. The van der Waals surface area contributed by atoms with E-state index in [2.05, 4.69) is 0 Å². The van der Waals surface area contributed by atoms with Gasteiger partial charge in [-0.15, -0.1) is 0 Å². The molecular formula is C15H28F3NO. The molecule has 0 N–H and O–H groups in total. The number of hydrogen-bond acceptors (Lipinski definition) is 1. The second kappa shape index (κ2) is 6.81. The van der Waals surface area contributed by atoms with E-state index in [0.29, 0.717) is 0 Å². The van der Waals surface area contributed by atoms with Gasteiger partial charge in [-0.2, -0.15) is 13.2 Å². The maximum atomic E-state index is 12.8. The van der Waals surface area contributed by atoms with E-state index in [1.807, 2.05) is 20.8 Å². The Morgan fingerprint density at radius 1 is 1.10 bits per heavy atom. The molecule has 5 heteroatoms. The number of nitrogens with zero attached hydrogens (tertiary/aromatic N) is 1. The van der Waals surface area contributed by atoms with E-state index in [1.54, 1.807) is 27.7 Å². The molecule has 0 radical (unpaired) electrons. The summed E-state index contributed by atoms with van der Waals surface area (Å²) in [5, 5.41) is 0.